The standard InChI is InChI=1S/C7H5F5O2/c1-2-5(13)14-3-4(6(8)9)7(10,11)12/h2H,1,3H2. The predicted octanol–water partition coefficient (Wildman–Crippen LogP) is 2.43. The summed E-state index contributed by atoms with van der Waals surface area (Å²) in [5.74, 6) is -1.20. The van der Waals surface area contributed by atoms with Crippen molar-refractivity contribution >= 4 is 5.97 Å². The van der Waals surface area contributed by atoms with Gasteiger partial charge in [-0.25, -0.2) is 4.79 Å². The fourth-order valence-corrected chi connectivity index (χ4v) is 0.446. The van der Waals surface area contributed by atoms with Gasteiger partial charge in [-0.3, -0.25) is 0 Å². The van der Waals surface area contributed by atoms with E-state index in [1.807, 2.05) is 0 Å². The lowest BCUT2D eigenvalue weighted by molar-refractivity contribution is -0.140. The summed E-state index contributed by atoms with van der Waals surface area (Å²) >= 11 is 0. The van der Waals surface area contributed by atoms with Gasteiger partial charge in [-0.1, -0.05) is 6.58 Å². The maximum atomic E-state index is 11.8. The first-order valence-corrected chi connectivity index (χ1v) is 3.19. The van der Waals surface area contributed by atoms with E-state index in [1.54, 1.807) is 0 Å². The van der Waals surface area contributed by atoms with Crippen molar-refractivity contribution in [3.05, 3.63) is 24.3 Å². The summed E-state index contributed by atoms with van der Waals surface area (Å²) < 4.78 is 62.5. The van der Waals surface area contributed by atoms with Gasteiger partial charge in [0.15, 0.2) is 0 Å². The summed E-state index contributed by atoms with van der Waals surface area (Å²) in [7, 11) is 0. The number of halogens is 5. The van der Waals surface area contributed by atoms with Crippen LogP contribution in [0.4, 0.5) is 22.0 Å². The molecule has 0 aliphatic carbocycles. The molecule has 0 aliphatic rings. The summed E-state index contributed by atoms with van der Waals surface area (Å²) in [5.41, 5.74) is -2.17. The van der Waals surface area contributed by atoms with Gasteiger partial charge in [-0.05, 0) is 0 Å². The molecule has 0 atom stereocenters. The molecular formula is C7H5F5O2. The lowest BCUT2D eigenvalue weighted by Gasteiger charge is -2.09. The molecule has 2 nitrogen and oxygen atoms in total. The Balaban J connectivity index is 4.52. The van der Waals surface area contributed by atoms with Gasteiger partial charge < -0.3 is 4.74 Å². The van der Waals surface area contributed by atoms with Crippen LogP contribution in [-0.2, 0) is 9.53 Å². The highest BCUT2D eigenvalue weighted by atomic mass is 19.4. The second-order valence-corrected chi connectivity index (χ2v) is 2.05. The van der Waals surface area contributed by atoms with Crippen molar-refractivity contribution in [1.82, 2.24) is 0 Å². The van der Waals surface area contributed by atoms with E-state index in [0.29, 0.717) is 6.08 Å². The Bertz CT molecular complexity index is 262. The monoisotopic (exact) mass is 216 g/mol. The maximum absolute atomic E-state index is 11.8. The second kappa shape index (κ2) is 4.73. The van der Waals surface area contributed by atoms with E-state index in [9.17, 15) is 26.7 Å². The van der Waals surface area contributed by atoms with Crippen molar-refractivity contribution in [2.45, 2.75) is 6.18 Å². The third-order valence-corrected chi connectivity index (χ3v) is 1.10. The molecule has 0 aromatic heterocycles. The smallest absolute Gasteiger partial charge is 0.421 e. The highest BCUT2D eigenvalue weighted by molar-refractivity contribution is 5.81. The minimum atomic E-state index is -5.21. The van der Waals surface area contributed by atoms with Crippen molar-refractivity contribution in [3.63, 3.8) is 0 Å². The van der Waals surface area contributed by atoms with Crippen molar-refractivity contribution in [1.29, 1.82) is 0 Å². The van der Waals surface area contributed by atoms with Crippen LogP contribution < -0.4 is 0 Å². The number of rotatable bonds is 3. The number of hydrogen-bond donors (Lipinski definition) is 0. The van der Waals surface area contributed by atoms with E-state index in [-0.39, 0.29) is 0 Å². The fraction of sp³-hybridized carbons (Fsp3) is 0.286. The average Bonchev–Trinajstić information content (AvgIpc) is 2.01. The second-order valence-electron chi connectivity index (χ2n) is 2.05. The van der Waals surface area contributed by atoms with E-state index in [4.69, 9.17) is 0 Å². The molecule has 0 rings (SSSR count). The van der Waals surface area contributed by atoms with Crippen LogP contribution >= 0.6 is 0 Å². The Morgan fingerprint density at radius 2 is 1.86 bits per heavy atom. The van der Waals surface area contributed by atoms with Gasteiger partial charge in [0, 0.05) is 6.08 Å². The quantitative estimate of drug-likeness (QED) is 0.411. The Morgan fingerprint density at radius 1 is 1.36 bits per heavy atom. The van der Waals surface area contributed by atoms with Crippen molar-refractivity contribution < 1.29 is 31.5 Å². The minimum Gasteiger partial charge on any atom is -0.457 e. The Morgan fingerprint density at radius 3 is 2.14 bits per heavy atom. The zero-order chi connectivity index (χ0) is 11.4. The molecule has 0 heterocycles. The third kappa shape index (κ3) is 4.01. The van der Waals surface area contributed by atoms with Gasteiger partial charge in [0.25, 0.3) is 6.08 Å². The van der Waals surface area contributed by atoms with E-state index in [0.717, 1.165) is 0 Å². The first kappa shape index (κ1) is 12.6. The Labute approximate surface area is 75.7 Å². The number of hydrogen-bond acceptors (Lipinski definition) is 2. The van der Waals surface area contributed by atoms with E-state index in [1.165, 1.54) is 0 Å². The summed E-state index contributed by atoms with van der Waals surface area (Å²) in [6.07, 6.45) is -7.56. The normalized spacial score (nSPS) is 10.6. The fourth-order valence-electron chi connectivity index (χ4n) is 0.446. The van der Waals surface area contributed by atoms with Gasteiger partial charge in [0.05, 0.1) is 0 Å². The molecule has 0 saturated heterocycles. The van der Waals surface area contributed by atoms with Gasteiger partial charge in [-0.2, -0.15) is 22.0 Å². The average molecular weight is 216 g/mol. The molecule has 0 amide bonds. The lowest BCUT2D eigenvalue weighted by atomic mass is 10.3. The molecule has 80 valence electrons. The van der Waals surface area contributed by atoms with Gasteiger partial charge in [0.1, 0.15) is 12.2 Å². The number of esters is 1. The van der Waals surface area contributed by atoms with Gasteiger partial charge in [0.2, 0.25) is 0 Å². The summed E-state index contributed by atoms with van der Waals surface area (Å²) in [4.78, 5) is 10.3. The molecular weight excluding hydrogens is 211 g/mol. The van der Waals surface area contributed by atoms with Crippen LogP contribution in [0, 0.1) is 0 Å². The van der Waals surface area contributed by atoms with E-state index >= 15 is 0 Å². The molecule has 14 heavy (non-hydrogen) atoms. The zero-order valence-corrected chi connectivity index (χ0v) is 6.70. The van der Waals surface area contributed by atoms with Crippen LogP contribution in [-0.4, -0.2) is 18.8 Å². The van der Waals surface area contributed by atoms with Gasteiger partial charge >= 0.3 is 12.1 Å². The van der Waals surface area contributed by atoms with Crippen LogP contribution in [0.25, 0.3) is 0 Å². The number of ether oxygens (including phenoxy) is 1. The van der Waals surface area contributed by atoms with Crippen LogP contribution in [0.1, 0.15) is 0 Å². The molecule has 0 aliphatic heterocycles. The van der Waals surface area contributed by atoms with E-state index in [2.05, 4.69) is 11.3 Å². The van der Waals surface area contributed by atoms with E-state index < -0.39 is 30.4 Å². The molecule has 0 N–H and O–H groups in total. The molecule has 0 unspecified atom stereocenters. The van der Waals surface area contributed by atoms with Crippen LogP contribution in [0.3, 0.4) is 0 Å². The topological polar surface area (TPSA) is 26.3 Å². The molecule has 0 aromatic carbocycles. The van der Waals surface area contributed by atoms with Crippen LogP contribution in [0.5, 0.6) is 0 Å². The molecule has 0 radical (unpaired) electrons. The molecule has 0 aromatic rings. The van der Waals surface area contributed by atoms with Crippen LogP contribution in [0.2, 0.25) is 0 Å². The highest BCUT2D eigenvalue weighted by Crippen LogP contribution is 2.29. The van der Waals surface area contributed by atoms with Crippen molar-refractivity contribution in [2.75, 3.05) is 6.61 Å². The SMILES string of the molecule is C=CC(=O)OCC(=C(F)F)C(F)(F)F. The molecule has 0 saturated carbocycles. The number of carbonyl (C=O) groups is 1. The Kier molecular flexibility index (Phi) is 4.26. The number of carbonyl (C=O) groups excluding carboxylic acids is 1. The zero-order valence-electron chi connectivity index (χ0n) is 6.70. The Hall–Kier alpha value is -1.40. The molecule has 0 spiro atoms. The predicted molar refractivity (Wildman–Crippen MR) is 36.5 cm³/mol. The first-order valence-electron chi connectivity index (χ1n) is 3.19. The summed E-state index contributed by atoms with van der Waals surface area (Å²) in [5, 5.41) is 0. The minimum absolute atomic E-state index is 0.574. The molecule has 0 bridgehead atoms. The van der Waals surface area contributed by atoms with Crippen molar-refractivity contribution in [3.8, 4) is 0 Å². The largest absolute Gasteiger partial charge is 0.457 e. The molecule has 7 heteroatoms. The highest BCUT2D eigenvalue weighted by Gasteiger charge is 2.38. The lowest BCUT2D eigenvalue weighted by Crippen LogP contribution is -2.19. The third-order valence-electron chi connectivity index (χ3n) is 1.10. The maximum Gasteiger partial charge on any atom is 0.421 e. The van der Waals surface area contributed by atoms with Crippen LogP contribution in [0.15, 0.2) is 24.3 Å². The van der Waals surface area contributed by atoms with Crippen molar-refractivity contribution in [2.24, 2.45) is 0 Å². The van der Waals surface area contributed by atoms with Gasteiger partial charge in [-0.15, -0.1) is 0 Å². The first-order chi connectivity index (χ1) is 6.29. The number of alkyl halides is 3. The summed E-state index contributed by atoms with van der Waals surface area (Å²) in [6, 6.07) is 0. The summed E-state index contributed by atoms with van der Waals surface area (Å²) in [6.45, 7) is 1.37. The molecule has 0 fully saturated rings.